The van der Waals surface area contributed by atoms with E-state index in [-0.39, 0.29) is 5.91 Å². The Morgan fingerprint density at radius 2 is 2.00 bits per heavy atom. The predicted octanol–water partition coefficient (Wildman–Crippen LogP) is 3.30. The van der Waals surface area contributed by atoms with Gasteiger partial charge in [0.05, 0.1) is 11.7 Å². The average Bonchev–Trinajstić information content (AvgIpc) is 2.64. The van der Waals surface area contributed by atoms with Crippen molar-refractivity contribution in [1.82, 2.24) is 10.3 Å². The van der Waals surface area contributed by atoms with Gasteiger partial charge in [0, 0.05) is 11.8 Å². The highest BCUT2D eigenvalue weighted by atomic mass is 32.2. The van der Waals surface area contributed by atoms with Gasteiger partial charge in [-0.2, -0.15) is 11.8 Å². The first-order valence-corrected chi connectivity index (χ1v) is 9.07. The molecule has 24 heavy (non-hydrogen) atoms. The van der Waals surface area contributed by atoms with Gasteiger partial charge in [-0.3, -0.25) is 9.78 Å². The summed E-state index contributed by atoms with van der Waals surface area (Å²) in [7, 11) is 0. The van der Waals surface area contributed by atoms with Gasteiger partial charge >= 0.3 is 0 Å². The fourth-order valence-corrected chi connectivity index (χ4v) is 2.65. The molecule has 0 aliphatic carbocycles. The maximum atomic E-state index is 12.5. The zero-order chi connectivity index (χ0) is 17.2. The second-order valence-electron chi connectivity index (χ2n) is 5.17. The Balaban J connectivity index is 2.14. The van der Waals surface area contributed by atoms with Crippen LogP contribution in [-0.4, -0.2) is 35.2 Å². The third-order valence-electron chi connectivity index (χ3n) is 3.44. The van der Waals surface area contributed by atoms with E-state index in [2.05, 4.69) is 10.3 Å². The molecule has 2 aromatic rings. The van der Waals surface area contributed by atoms with E-state index in [0.717, 1.165) is 23.3 Å². The smallest absolute Gasteiger partial charge is 0.252 e. The lowest BCUT2D eigenvalue weighted by atomic mass is 10.1. The van der Waals surface area contributed by atoms with Gasteiger partial charge in [0.15, 0.2) is 0 Å². The van der Waals surface area contributed by atoms with Gasteiger partial charge in [-0.1, -0.05) is 30.3 Å². The molecule has 0 aliphatic rings. The number of carbonyl (C=O) groups is 2. The fraction of sp³-hybridized carbons (Fsp3) is 0.211. The quantitative estimate of drug-likeness (QED) is 0.749. The standard InChI is InChI=1S/C19H20N2O2S/c1-24-13-11-17(14-22)21-19(23)18-8-3-2-6-15(18)9-10-16-7-4-5-12-20-16/h2-10,12,14,17H,11,13H2,1H3,(H,21,23)/t17-/m0/s1. The zero-order valence-corrected chi connectivity index (χ0v) is 14.3. The Kier molecular flexibility index (Phi) is 7.23. The van der Waals surface area contributed by atoms with Crippen LogP contribution in [0.2, 0.25) is 0 Å². The molecule has 0 bridgehead atoms. The molecule has 2 rings (SSSR count). The number of hydrogen-bond acceptors (Lipinski definition) is 4. The molecule has 0 spiro atoms. The van der Waals surface area contributed by atoms with Crippen LogP contribution in [-0.2, 0) is 4.79 Å². The van der Waals surface area contributed by atoms with E-state index in [9.17, 15) is 9.59 Å². The molecule has 124 valence electrons. The van der Waals surface area contributed by atoms with Crippen LogP contribution in [0.3, 0.4) is 0 Å². The minimum absolute atomic E-state index is 0.241. The Bertz CT molecular complexity index is 702. The van der Waals surface area contributed by atoms with Crippen molar-refractivity contribution in [3.63, 3.8) is 0 Å². The molecule has 0 fully saturated rings. The highest BCUT2D eigenvalue weighted by molar-refractivity contribution is 7.98. The van der Waals surface area contributed by atoms with Gasteiger partial charge in [-0.05, 0) is 48.3 Å². The molecule has 1 N–H and O–H groups in total. The number of pyridine rings is 1. The van der Waals surface area contributed by atoms with Crippen LogP contribution in [0.1, 0.15) is 28.0 Å². The van der Waals surface area contributed by atoms with E-state index >= 15 is 0 Å². The highest BCUT2D eigenvalue weighted by Crippen LogP contribution is 2.13. The third-order valence-corrected chi connectivity index (χ3v) is 4.08. The van der Waals surface area contributed by atoms with E-state index in [1.165, 1.54) is 0 Å². The Morgan fingerprint density at radius 1 is 1.21 bits per heavy atom. The molecule has 1 aromatic carbocycles. The van der Waals surface area contributed by atoms with Gasteiger partial charge in [0.25, 0.3) is 5.91 Å². The van der Waals surface area contributed by atoms with Crippen LogP contribution in [0.25, 0.3) is 12.2 Å². The summed E-state index contributed by atoms with van der Waals surface area (Å²) in [5.41, 5.74) is 2.15. The summed E-state index contributed by atoms with van der Waals surface area (Å²) in [5.74, 6) is 0.583. The average molecular weight is 340 g/mol. The van der Waals surface area contributed by atoms with Crippen LogP contribution in [0.15, 0.2) is 48.7 Å². The van der Waals surface area contributed by atoms with Crippen molar-refractivity contribution in [1.29, 1.82) is 0 Å². The summed E-state index contributed by atoms with van der Waals surface area (Å²) in [6, 6.07) is 12.5. The summed E-state index contributed by atoms with van der Waals surface area (Å²) < 4.78 is 0. The number of hydrogen-bond donors (Lipinski definition) is 1. The molecular weight excluding hydrogens is 320 g/mol. The first-order chi connectivity index (χ1) is 11.7. The van der Waals surface area contributed by atoms with Crippen molar-refractivity contribution in [2.24, 2.45) is 0 Å². The second kappa shape index (κ2) is 9.67. The van der Waals surface area contributed by atoms with Crippen molar-refractivity contribution >= 4 is 36.1 Å². The molecule has 0 aliphatic heterocycles. The molecule has 5 heteroatoms. The molecule has 1 aromatic heterocycles. The normalized spacial score (nSPS) is 12.0. The number of thioether (sulfide) groups is 1. The highest BCUT2D eigenvalue weighted by Gasteiger charge is 2.14. The first kappa shape index (κ1) is 17.9. The largest absolute Gasteiger partial charge is 0.342 e. The van der Waals surface area contributed by atoms with Crippen LogP contribution in [0.4, 0.5) is 0 Å². The van der Waals surface area contributed by atoms with E-state index in [1.807, 2.05) is 54.8 Å². The van der Waals surface area contributed by atoms with E-state index in [4.69, 9.17) is 0 Å². The van der Waals surface area contributed by atoms with Gasteiger partial charge in [-0.15, -0.1) is 0 Å². The molecule has 0 saturated heterocycles. The number of aromatic nitrogens is 1. The summed E-state index contributed by atoms with van der Waals surface area (Å²) >= 11 is 1.65. The number of nitrogens with zero attached hydrogens (tertiary/aromatic N) is 1. The molecule has 0 unspecified atom stereocenters. The summed E-state index contributed by atoms with van der Waals surface area (Å²) in [4.78, 5) is 27.8. The zero-order valence-electron chi connectivity index (χ0n) is 13.5. The number of nitrogens with one attached hydrogen (secondary N) is 1. The summed E-state index contributed by atoms with van der Waals surface area (Å²) in [6.07, 6.45) is 8.83. The maximum Gasteiger partial charge on any atom is 0.252 e. The van der Waals surface area contributed by atoms with Crippen molar-refractivity contribution < 1.29 is 9.59 Å². The SMILES string of the molecule is CSCC[C@@H](C=O)NC(=O)c1ccccc1C=Cc1ccccn1. The summed E-state index contributed by atoms with van der Waals surface area (Å²) in [5, 5.41) is 2.79. The van der Waals surface area contributed by atoms with Gasteiger partial charge in [0.2, 0.25) is 0 Å². The first-order valence-electron chi connectivity index (χ1n) is 7.68. The van der Waals surface area contributed by atoms with Gasteiger partial charge in [0.1, 0.15) is 6.29 Å². The lowest BCUT2D eigenvalue weighted by Crippen LogP contribution is -2.36. The van der Waals surface area contributed by atoms with E-state index in [0.29, 0.717) is 12.0 Å². The number of carbonyl (C=O) groups excluding carboxylic acids is 2. The number of rotatable bonds is 8. The number of amides is 1. The molecule has 0 saturated carbocycles. The predicted molar refractivity (Wildman–Crippen MR) is 99.9 cm³/mol. The topological polar surface area (TPSA) is 59.1 Å². The lowest BCUT2D eigenvalue weighted by Gasteiger charge is -2.13. The van der Waals surface area contributed by atoms with Crippen molar-refractivity contribution in [2.75, 3.05) is 12.0 Å². The van der Waals surface area contributed by atoms with Crippen molar-refractivity contribution in [3.05, 3.63) is 65.5 Å². The Labute approximate surface area is 146 Å². The van der Waals surface area contributed by atoms with Crippen LogP contribution < -0.4 is 5.32 Å². The van der Waals surface area contributed by atoms with Gasteiger partial charge in [-0.25, -0.2) is 0 Å². The molecule has 1 atom stereocenters. The van der Waals surface area contributed by atoms with Crippen molar-refractivity contribution in [3.8, 4) is 0 Å². The van der Waals surface area contributed by atoms with Gasteiger partial charge < -0.3 is 10.1 Å². The van der Waals surface area contributed by atoms with Crippen LogP contribution >= 0.6 is 11.8 Å². The molecule has 0 radical (unpaired) electrons. The maximum absolute atomic E-state index is 12.5. The van der Waals surface area contributed by atoms with Crippen LogP contribution in [0.5, 0.6) is 0 Å². The van der Waals surface area contributed by atoms with E-state index < -0.39 is 6.04 Å². The van der Waals surface area contributed by atoms with E-state index in [1.54, 1.807) is 24.0 Å². The molecule has 1 amide bonds. The lowest BCUT2D eigenvalue weighted by molar-refractivity contribution is -0.109. The monoisotopic (exact) mass is 340 g/mol. The minimum Gasteiger partial charge on any atom is -0.342 e. The Morgan fingerprint density at radius 3 is 2.71 bits per heavy atom. The third kappa shape index (κ3) is 5.35. The van der Waals surface area contributed by atoms with Crippen LogP contribution in [0, 0.1) is 0 Å². The summed E-state index contributed by atoms with van der Waals surface area (Å²) in [6.45, 7) is 0. The molecule has 1 heterocycles. The minimum atomic E-state index is -0.460. The molecular formula is C19H20N2O2S. The second-order valence-corrected chi connectivity index (χ2v) is 6.16. The Hall–Kier alpha value is -2.40. The fourth-order valence-electron chi connectivity index (χ4n) is 2.16. The number of benzene rings is 1. The number of aldehydes is 1. The molecule has 4 nitrogen and oxygen atoms in total. The van der Waals surface area contributed by atoms with Crippen molar-refractivity contribution in [2.45, 2.75) is 12.5 Å².